The first-order valence-electron chi connectivity index (χ1n) is 5.37. The summed E-state index contributed by atoms with van der Waals surface area (Å²) in [6.45, 7) is 2.89. The van der Waals surface area contributed by atoms with Crippen LogP contribution in [0.5, 0.6) is 5.75 Å². The lowest BCUT2D eigenvalue weighted by atomic mass is 10.1. The first-order valence-corrected chi connectivity index (χ1v) is 5.37. The molecule has 86 valence electrons. The van der Waals surface area contributed by atoms with Crippen LogP contribution >= 0.6 is 0 Å². The van der Waals surface area contributed by atoms with Gasteiger partial charge in [-0.3, -0.25) is 4.90 Å². The molecule has 2 rings (SSSR count). The average Bonchev–Trinajstić information content (AvgIpc) is 2.71. The van der Waals surface area contributed by atoms with Gasteiger partial charge in [0.2, 0.25) is 0 Å². The molecular weight excluding hydrogens is 206 g/mol. The van der Waals surface area contributed by atoms with Crippen LogP contribution in [-0.4, -0.2) is 26.4 Å². The molecule has 0 atom stereocenters. The molecule has 0 fully saturated rings. The Balaban J connectivity index is 2.23. The molecule has 1 aliphatic rings. The van der Waals surface area contributed by atoms with Crippen LogP contribution in [0.3, 0.4) is 0 Å². The number of anilines is 1. The Bertz CT molecular complexity index is 403. The summed E-state index contributed by atoms with van der Waals surface area (Å²) >= 11 is 0. The van der Waals surface area contributed by atoms with Crippen LogP contribution in [0.1, 0.15) is 12.5 Å². The molecule has 0 saturated heterocycles. The highest BCUT2D eigenvalue weighted by atomic mass is 16.6. The number of ether oxygens (including phenoxy) is 2. The van der Waals surface area contributed by atoms with Crippen LogP contribution in [0, 0.1) is 0 Å². The Hall–Kier alpha value is -1.71. The molecule has 0 saturated carbocycles. The quantitative estimate of drug-likeness (QED) is 0.768. The van der Waals surface area contributed by atoms with Gasteiger partial charge in [-0.25, -0.2) is 4.79 Å². The van der Waals surface area contributed by atoms with Gasteiger partial charge in [-0.1, -0.05) is 0 Å². The molecule has 0 radical (unpaired) electrons. The highest BCUT2D eigenvalue weighted by Crippen LogP contribution is 2.31. The van der Waals surface area contributed by atoms with Crippen molar-refractivity contribution in [3.63, 3.8) is 0 Å². The lowest BCUT2D eigenvalue weighted by Gasteiger charge is -2.16. The lowest BCUT2D eigenvalue weighted by molar-refractivity contribution is 0.160. The van der Waals surface area contributed by atoms with Crippen molar-refractivity contribution in [2.45, 2.75) is 13.3 Å². The number of carbonyl (C=O) groups is 1. The van der Waals surface area contributed by atoms with Gasteiger partial charge in [0.15, 0.2) is 0 Å². The number of hydrogen-bond donors (Lipinski definition) is 0. The summed E-state index contributed by atoms with van der Waals surface area (Å²) in [5.41, 5.74) is 2.06. The molecule has 1 aromatic rings. The molecule has 0 spiro atoms. The van der Waals surface area contributed by atoms with E-state index in [4.69, 9.17) is 9.47 Å². The zero-order valence-electron chi connectivity index (χ0n) is 9.53. The minimum atomic E-state index is -0.272. The maximum atomic E-state index is 11.6. The van der Waals surface area contributed by atoms with Gasteiger partial charge in [-0.2, -0.15) is 0 Å². The second kappa shape index (κ2) is 4.43. The predicted molar refractivity (Wildman–Crippen MR) is 61.1 cm³/mol. The third-order valence-electron chi connectivity index (χ3n) is 2.67. The zero-order chi connectivity index (χ0) is 11.5. The van der Waals surface area contributed by atoms with Crippen molar-refractivity contribution in [2.24, 2.45) is 0 Å². The van der Waals surface area contributed by atoms with E-state index in [0.717, 1.165) is 23.4 Å². The van der Waals surface area contributed by atoms with Gasteiger partial charge >= 0.3 is 6.09 Å². The highest BCUT2D eigenvalue weighted by molar-refractivity contribution is 5.90. The van der Waals surface area contributed by atoms with Crippen molar-refractivity contribution >= 4 is 11.8 Å². The summed E-state index contributed by atoms with van der Waals surface area (Å²) in [5, 5.41) is 0. The average molecular weight is 221 g/mol. The van der Waals surface area contributed by atoms with Gasteiger partial charge in [0.05, 0.1) is 19.4 Å². The summed E-state index contributed by atoms with van der Waals surface area (Å²) in [5.74, 6) is 0.824. The number of hydrogen-bond acceptors (Lipinski definition) is 3. The normalized spacial score (nSPS) is 13.5. The van der Waals surface area contributed by atoms with E-state index in [1.54, 1.807) is 12.0 Å². The van der Waals surface area contributed by atoms with E-state index in [1.165, 1.54) is 0 Å². The van der Waals surface area contributed by atoms with E-state index < -0.39 is 0 Å². The zero-order valence-corrected chi connectivity index (χ0v) is 9.53. The molecule has 1 aliphatic heterocycles. The van der Waals surface area contributed by atoms with Crippen molar-refractivity contribution < 1.29 is 14.3 Å². The fourth-order valence-electron chi connectivity index (χ4n) is 1.90. The summed E-state index contributed by atoms with van der Waals surface area (Å²) < 4.78 is 10.1. The van der Waals surface area contributed by atoms with E-state index in [2.05, 4.69) is 0 Å². The topological polar surface area (TPSA) is 38.8 Å². The number of methoxy groups -OCH3 is 1. The molecular formula is C12H15NO3. The van der Waals surface area contributed by atoms with E-state index >= 15 is 0 Å². The summed E-state index contributed by atoms with van der Waals surface area (Å²) in [7, 11) is 1.64. The largest absolute Gasteiger partial charge is 0.497 e. The van der Waals surface area contributed by atoms with Gasteiger partial charge in [-0.15, -0.1) is 0 Å². The minimum Gasteiger partial charge on any atom is -0.497 e. The van der Waals surface area contributed by atoms with Crippen molar-refractivity contribution in [1.82, 2.24) is 0 Å². The Morgan fingerprint density at radius 3 is 3.00 bits per heavy atom. The minimum absolute atomic E-state index is 0.272. The number of fused-ring (bicyclic) bond motifs is 1. The molecule has 0 N–H and O–H groups in total. The van der Waals surface area contributed by atoms with Gasteiger partial charge in [0.25, 0.3) is 0 Å². The summed E-state index contributed by atoms with van der Waals surface area (Å²) in [6, 6.07) is 5.73. The number of rotatable bonds is 2. The monoisotopic (exact) mass is 221 g/mol. The van der Waals surface area contributed by atoms with Crippen molar-refractivity contribution in [3.8, 4) is 5.75 Å². The van der Waals surface area contributed by atoms with Gasteiger partial charge < -0.3 is 9.47 Å². The van der Waals surface area contributed by atoms with Crippen molar-refractivity contribution in [2.75, 3.05) is 25.2 Å². The highest BCUT2D eigenvalue weighted by Gasteiger charge is 2.25. The molecule has 0 aliphatic carbocycles. The van der Waals surface area contributed by atoms with Crippen molar-refractivity contribution in [1.29, 1.82) is 0 Å². The van der Waals surface area contributed by atoms with Crippen LogP contribution in [0.25, 0.3) is 0 Å². The fraction of sp³-hybridized carbons (Fsp3) is 0.417. The maximum absolute atomic E-state index is 11.6. The maximum Gasteiger partial charge on any atom is 0.414 e. The second-order valence-corrected chi connectivity index (χ2v) is 3.60. The Labute approximate surface area is 94.8 Å². The third kappa shape index (κ3) is 1.83. The van der Waals surface area contributed by atoms with Gasteiger partial charge in [-0.05, 0) is 37.1 Å². The number of benzene rings is 1. The Morgan fingerprint density at radius 2 is 2.31 bits per heavy atom. The lowest BCUT2D eigenvalue weighted by Crippen LogP contribution is -2.29. The van der Waals surface area contributed by atoms with Crippen molar-refractivity contribution in [3.05, 3.63) is 23.8 Å². The molecule has 0 aromatic heterocycles. The van der Waals surface area contributed by atoms with Crippen LogP contribution in [0.2, 0.25) is 0 Å². The van der Waals surface area contributed by atoms with E-state index in [-0.39, 0.29) is 6.09 Å². The standard InChI is InChI=1S/C12H15NO3/c1-3-16-12(14)13-7-6-9-8-10(15-2)4-5-11(9)13/h4-5,8H,3,6-7H2,1-2H3. The molecule has 0 bridgehead atoms. The van der Waals surface area contributed by atoms with Gasteiger partial charge in [0, 0.05) is 6.54 Å². The van der Waals surface area contributed by atoms with E-state index in [1.807, 2.05) is 25.1 Å². The summed E-state index contributed by atoms with van der Waals surface area (Å²) in [4.78, 5) is 13.3. The molecule has 1 amide bonds. The number of carbonyl (C=O) groups excluding carboxylic acids is 1. The Morgan fingerprint density at radius 1 is 1.50 bits per heavy atom. The molecule has 16 heavy (non-hydrogen) atoms. The Kier molecular flexibility index (Phi) is 2.99. The third-order valence-corrected chi connectivity index (χ3v) is 2.67. The molecule has 4 nitrogen and oxygen atoms in total. The first-order chi connectivity index (χ1) is 7.76. The smallest absolute Gasteiger partial charge is 0.414 e. The van der Waals surface area contributed by atoms with Gasteiger partial charge in [0.1, 0.15) is 5.75 Å². The van der Waals surface area contributed by atoms with Crippen LogP contribution in [0.4, 0.5) is 10.5 Å². The predicted octanol–water partition coefficient (Wildman–Crippen LogP) is 2.21. The molecule has 1 heterocycles. The van der Waals surface area contributed by atoms with Crippen LogP contribution in [0.15, 0.2) is 18.2 Å². The molecule has 1 aromatic carbocycles. The SMILES string of the molecule is CCOC(=O)N1CCc2cc(OC)ccc21. The van der Waals surface area contributed by atoms with E-state index in [0.29, 0.717) is 13.2 Å². The summed E-state index contributed by atoms with van der Waals surface area (Å²) in [6.07, 6.45) is 0.581. The molecule has 0 unspecified atom stereocenters. The first kappa shape index (κ1) is 10.8. The number of amides is 1. The van der Waals surface area contributed by atoms with E-state index in [9.17, 15) is 4.79 Å². The van der Waals surface area contributed by atoms with Crippen LogP contribution in [-0.2, 0) is 11.2 Å². The number of nitrogens with zero attached hydrogens (tertiary/aromatic N) is 1. The second-order valence-electron chi connectivity index (χ2n) is 3.60. The van der Waals surface area contributed by atoms with Crippen LogP contribution < -0.4 is 9.64 Å². The molecule has 4 heteroatoms. The fourth-order valence-corrected chi connectivity index (χ4v) is 1.90.